The van der Waals surface area contributed by atoms with Crippen LogP contribution in [0.25, 0.3) is 0 Å². The zero-order chi connectivity index (χ0) is 28.4. The van der Waals surface area contributed by atoms with Crippen molar-refractivity contribution in [3.63, 3.8) is 0 Å². The Labute approximate surface area is 235 Å². The Morgan fingerprint density at radius 2 is 1.85 bits per heavy atom. The predicted molar refractivity (Wildman–Crippen MR) is 148 cm³/mol. The van der Waals surface area contributed by atoms with Gasteiger partial charge in [-0.2, -0.15) is 13.2 Å². The maximum absolute atomic E-state index is 13.5. The summed E-state index contributed by atoms with van der Waals surface area (Å²) in [7, 11) is 1.63. The van der Waals surface area contributed by atoms with Crippen LogP contribution in [0.2, 0.25) is 0 Å². The number of amides is 3. The summed E-state index contributed by atoms with van der Waals surface area (Å²) in [6.45, 7) is 3.82. The van der Waals surface area contributed by atoms with Crippen LogP contribution in [0.15, 0.2) is 60.0 Å². The first-order valence-electron chi connectivity index (χ1n) is 13.1. The number of hydrogen-bond donors (Lipinski definition) is 1. The average molecular weight is 573 g/mol. The third-order valence-electron chi connectivity index (χ3n) is 7.52. The maximum Gasteiger partial charge on any atom is 0.416 e. The second-order valence-corrected chi connectivity index (χ2v) is 11.1. The minimum absolute atomic E-state index is 0.0121. The Morgan fingerprint density at radius 3 is 2.55 bits per heavy atom. The van der Waals surface area contributed by atoms with Crippen molar-refractivity contribution in [1.29, 1.82) is 0 Å². The number of alkyl halides is 3. The van der Waals surface area contributed by atoms with E-state index in [1.165, 1.54) is 22.6 Å². The van der Waals surface area contributed by atoms with Crippen molar-refractivity contribution in [3.8, 4) is 5.75 Å². The van der Waals surface area contributed by atoms with E-state index in [9.17, 15) is 22.8 Å². The minimum atomic E-state index is -4.49. The highest BCUT2D eigenvalue weighted by atomic mass is 32.1. The minimum Gasteiger partial charge on any atom is -0.497 e. The number of carbonyl (C=O) groups excluding carboxylic acids is 2. The lowest BCUT2D eigenvalue weighted by Crippen LogP contribution is -2.58. The van der Waals surface area contributed by atoms with Crippen molar-refractivity contribution in [2.75, 3.05) is 45.2 Å². The Morgan fingerprint density at radius 1 is 1.07 bits per heavy atom. The normalized spacial score (nSPS) is 19.7. The molecule has 1 fully saturated rings. The number of urea groups is 1. The number of methoxy groups -OCH3 is 1. The van der Waals surface area contributed by atoms with Gasteiger partial charge in [-0.25, -0.2) is 4.79 Å². The molecule has 3 aromatic rings. The van der Waals surface area contributed by atoms with Crippen molar-refractivity contribution in [2.45, 2.75) is 31.6 Å². The molecule has 2 aliphatic heterocycles. The van der Waals surface area contributed by atoms with Crippen LogP contribution in [-0.2, 0) is 17.4 Å². The van der Waals surface area contributed by atoms with E-state index < -0.39 is 17.8 Å². The fourth-order valence-electron chi connectivity index (χ4n) is 5.44. The Hall–Kier alpha value is -3.57. The summed E-state index contributed by atoms with van der Waals surface area (Å²) in [6, 6.07) is 13.8. The summed E-state index contributed by atoms with van der Waals surface area (Å²) in [6.07, 6.45) is -3.61. The fraction of sp³-hybridized carbons (Fsp3) is 0.379. The third-order valence-corrected chi connectivity index (χ3v) is 8.51. The molecule has 2 atom stereocenters. The van der Waals surface area contributed by atoms with E-state index in [2.05, 4.69) is 21.7 Å². The third kappa shape index (κ3) is 5.95. The predicted octanol–water partition coefficient (Wildman–Crippen LogP) is 5.49. The second kappa shape index (κ2) is 11.5. The molecule has 3 heterocycles. The van der Waals surface area contributed by atoms with Crippen molar-refractivity contribution >= 4 is 29.0 Å². The van der Waals surface area contributed by atoms with E-state index in [4.69, 9.17) is 4.74 Å². The van der Waals surface area contributed by atoms with E-state index in [1.807, 2.05) is 31.2 Å². The molecule has 0 spiro atoms. The number of nitrogens with one attached hydrogen (secondary N) is 1. The number of benzene rings is 2. The number of halogens is 3. The number of nitrogens with zero attached hydrogens (tertiary/aromatic N) is 3. The maximum atomic E-state index is 13.5. The van der Waals surface area contributed by atoms with E-state index in [0.29, 0.717) is 13.1 Å². The van der Waals surface area contributed by atoms with E-state index >= 15 is 0 Å². The lowest BCUT2D eigenvalue weighted by atomic mass is 9.93. The number of rotatable bonds is 5. The van der Waals surface area contributed by atoms with Crippen molar-refractivity contribution in [3.05, 3.63) is 81.5 Å². The van der Waals surface area contributed by atoms with Crippen LogP contribution in [0.5, 0.6) is 5.75 Å². The summed E-state index contributed by atoms with van der Waals surface area (Å²) in [5.74, 6) is 0.763. The number of hydrogen-bond acceptors (Lipinski definition) is 5. The van der Waals surface area contributed by atoms with Crippen molar-refractivity contribution in [1.82, 2.24) is 14.7 Å². The van der Waals surface area contributed by atoms with Gasteiger partial charge in [0.15, 0.2) is 0 Å². The number of carbonyl (C=O) groups is 2. The standard InChI is InChI=1S/C29H31F3N4O3S/c1-19-17-34(13-14-36(19)28(38)33-22-5-3-4-21(16-22)29(30,31)32)26(37)18-35-12-10-25-24(11-15-40-25)27(35)20-6-8-23(39-2)9-7-20/h3-9,11,15-16,19,27H,10,12-14,17-18H2,1-2H3,(H,33,38)/t19-,27+/m1/s1. The Bertz CT molecular complexity index is 1360. The van der Waals surface area contributed by atoms with E-state index in [0.717, 1.165) is 36.4 Å². The highest BCUT2D eigenvalue weighted by Gasteiger charge is 2.35. The summed E-state index contributed by atoms with van der Waals surface area (Å²) in [5, 5.41) is 4.67. The van der Waals surface area contributed by atoms with Gasteiger partial charge in [0.05, 0.1) is 25.3 Å². The van der Waals surface area contributed by atoms with Crippen LogP contribution < -0.4 is 10.1 Å². The molecule has 1 saturated heterocycles. The molecule has 7 nitrogen and oxygen atoms in total. The monoisotopic (exact) mass is 572 g/mol. The second-order valence-electron chi connectivity index (χ2n) is 10.1. The average Bonchev–Trinajstić information content (AvgIpc) is 3.41. The molecule has 3 amide bonds. The molecule has 2 aromatic carbocycles. The summed E-state index contributed by atoms with van der Waals surface area (Å²) >= 11 is 1.74. The highest BCUT2D eigenvalue weighted by Crippen LogP contribution is 2.38. The van der Waals surface area contributed by atoms with Crippen LogP contribution in [0.3, 0.4) is 0 Å². The molecule has 212 valence electrons. The first-order valence-corrected chi connectivity index (χ1v) is 14.0. The van der Waals surface area contributed by atoms with Crippen LogP contribution in [0.4, 0.5) is 23.7 Å². The van der Waals surface area contributed by atoms with Gasteiger partial charge in [-0.3, -0.25) is 9.69 Å². The first kappa shape index (κ1) is 28.0. The number of anilines is 1. The van der Waals surface area contributed by atoms with Gasteiger partial charge in [-0.05, 0) is 66.2 Å². The number of ether oxygens (including phenoxy) is 1. The molecule has 1 N–H and O–H groups in total. The summed E-state index contributed by atoms with van der Waals surface area (Å²) < 4.78 is 44.5. The molecule has 2 aliphatic rings. The Kier molecular flexibility index (Phi) is 8.04. The van der Waals surface area contributed by atoms with Gasteiger partial charge in [0.1, 0.15) is 5.75 Å². The zero-order valence-corrected chi connectivity index (χ0v) is 23.1. The number of thiophene rings is 1. The van der Waals surface area contributed by atoms with Crippen LogP contribution in [-0.4, -0.2) is 72.5 Å². The van der Waals surface area contributed by atoms with E-state index in [-0.39, 0.29) is 36.8 Å². The molecule has 5 rings (SSSR count). The number of piperazine rings is 1. The molecule has 0 unspecified atom stereocenters. The van der Waals surface area contributed by atoms with Crippen LogP contribution in [0, 0.1) is 0 Å². The number of fused-ring (bicyclic) bond motifs is 1. The lowest BCUT2D eigenvalue weighted by Gasteiger charge is -2.41. The molecular formula is C29H31F3N4O3S. The molecule has 0 saturated carbocycles. The van der Waals surface area contributed by atoms with Crippen LogP contribution in [0.1, 0.15) is 34.5 Å². The van der Waals surface area contributed by atoms with Gasteiger partial charge in [0.2, 0.25) is 5.91 Å². The summed E-state index contributed by atoms with van der Waals surface area (Å²) in [5.41, 5.74) is 1.57. The summed E-state index contributed by atoms with van der Waals surface area (Å²) in [4.78, 5) is 33.2. The van der Waals surface area contributed by atoms with Crippen molar-refractivity contribution < 1.29 is 27.5 Å². The molecule has 11 heteroatoms. The van der Waals surface area contributed by atoms with Gasteiger partial charge in [0.25, 0.3) is 0 Å². The lowest BCUT2D eigenvalue weighted by molar-refractivity contribution is -0.137. The van der Waals surface area contributed by atoms with Gasteiger partial charge >= 0.3 is 12.2 Å². The SMILES string of the molecule is COc1ccc([C@H]2c3ccsc3CCN2CC(=O)N2CCN(C(=O)Nc3cccc(C(F)(F)F)c3)[C@H](C)C2)cc1. The molecule has 40 heavy (non-hydrogen) atoms. The largest absolute Gasteiger partial charge is 0.497 e. The Balaban J connectivity index is 1.23. The van der Waals surface area contributed by atoms with Gasteiger partial charge < -0.3 is 19.9 Å². The molecule has 0 bridgehead atoms. The fourth-order valence-corrected chi connectivity index (χ4v) is 6.35. The topological polar surface area (TPSA) is 65.1 Å². The smallest absolute Gasteiger partial charge is 0.416 e. The first-order chi connectivity index (χ1) is 19.1. The van der Waals surface area contributed by atoms with E-state index in [1.54, 1.807) is 28.2 Å². The zero-order valence-electron chi connectivity index (χ0n) is 22.3. The van der Waals surface area contributed by atoms with Gasteiger partial charge in [-0.1, -0.05) is 18.2 Å². The van der Waals surface area contributed by atoms with Gasteiger partial charge in [-0.15, -0.1) is 11.3 Å². The molecule has 1 aromatic heterocycles. The quantitative estimate of drug-likeness (QED) is 0.440. The van der Waals surface area contributed by atoms with Gasteiger partial charge in [0, 0.05) is 42.8 Å². The molecule has 0 radical (unpaired) electrons. The van der Waals surface area contributed by atoms with Crippen LogP contribution >= 0.6 is 11.3 Å². The molecular weight excluding hydrogens is 541 g/mol. The molecule has 0 aliphatic carbocycles. The highest BCUT2D eigenvalue weighted by molar-refractivity contribution is 7.10. The van der Waals surface area contributed by atoms with Crippen molar-refractivity contribution in [2.24, 2.45) is 0 Å².